The summed E-state index contributed by atoms with van der Waals surface area (Å²) in [6.45, 7) is 7.61. The van der Waals surface area contributed by atoms with Crippen LogP contribution >= 0.6 is 12.2 Å². The zero-order chi connectivity index (χ0) is 12.3. The summed E-state index contributed by atoms with van der Waals surface area (Å²) < 4.78 is 0. The topological polar surface area (TPSA) is 45.4 Å². The van der Waals surface area contributed by atoms with E-state index in [9.17, 15) is 0 Å². The fraction of sp³-hybridized carbons (Fsp3) is 0.500. The van der Waals surface area contributed by atoms with Crippen LogP contribution in [0.2, 0.25) is 0 Å². The number of rotatable bonds is 3. The fourth-order valence-electron chi connectivity index (χ4n) is 2.01. The number of aromatic nitrogens is 1. The molecular formula is C12H18N4S. The molecule has 17 heavy (non-hydrogen) atoms. The van der Waals surface area contributed by atoms with E-state index in [-0.39, 0.29) is 0 Å². The standard InChI is InChI=1S/C12H18N4S/c1-2-15-5-7-16(8-6-15)11-4-3-10(9-14-11)12(13)17/h3-4,9H,2,5-8H2,1H3,(H2,13,17). The second-order valence-corrected chi connectivity index (χ2v) is 4.63. The van der Waals surface area contributed by atoms with E-state index in [1.54, 1.807) is 6.20 Å². The van der Waals surface area contributed by atoms with E-state index in [0.717, 1.165) is 44.1 Å². The molecule has 1 aliphatic rings. The van der Waals surface area contributed by atoms with Crippen LogP contribution < -0.4 is 10.6 Å². The number of anilines is 1. The molecule has 0 radical (unpaired) electrons. The monoisotopic (exact) mass is 250 g/mol. The maximum atomic E-state index is 5.55. The molecule has 1 aliphatic heterocycles. The predicted octanol–water partition coefficient (Wildman–Crippen LogP) is 0.858. The first kappa shape index (κ1) is 12.3. The van der Waals surface area contributed by atoms with E-state index in [1.807, 2.05) is 12.1 Å². The summed E-state index contributed by atoms with van der Waals surface area (Å²) in [5.41, 5.74) is 6.38. The van der Waals surface area contributed by atoms with Gasteiger partial charge in [-0.15, -0.1) is 0 Å². The van der Waals surface area contributed by atoms with Gasteiger partial charge in [0.15, 0.2) is 0 Å². The molecule has 0 bridgehead atoms. The number of pyridine rings is 1. The molecule has 0 unspecified atom stereocenters. The number of nitrogens with two attached hydrogens (primary N) is 1. The lowest BCUT2D eigenvalue weighted by atomic mass is 10.2. The molecule has 2 rings (SSSR count). The summed E-state index contributed by atoms with van der Waals surface area (Å²) in [4.78, 5) is 9.56. The molecule has 0 aromatic carbocycles. The molecule has 1 aromatic rings. The maximum Gasteiger partial charge on any atom is 0.128 e. The van der Waals surface area contributed by atoms with E-state index in [0.29, 0.717) is 4.99 Å². The molecule has 92 valence electrons. The molecule has 5 heteroatoms. The number of hydrogen-bond acceptors (Lipinski definition) is 4. The van der Waals surface area contributed by atoms with E-state index < -0.39 is 0 Å². The summed E-state index contributed by atoms with van der Waals surface area (Å²) in [5, 5.41) is 0. The Labute approximate surface area is 107 Å². The summed E-state index contributed by atoms with van der Waals surface area (Å²) in [5.74, 6) is 1.01. The second-order valence-electron chi connectivity index (χ2n) is 4.19. The number of likely N-dealkylation sites (N-methyl/N-ethyl adjacent to an activating group) is 1. The van der Waals surface area contributed by atoms with E-state index in [1.165, 1.54) is 0 Å². The third-order valence-electron chi connectivity index (χ3n) is 3.18. The Morgan fingerprint density at radius 1 is 1.35 bits per heavy atom. The minimum atomic E-state index is 0.403. The Bertz CT molecular complexity index is 382. The van der Waals surface area contributed by atoms with Crippen molar-refractivity contribution in [2.45, 2.75) is 6.92 Å². The van der Waals surface area contributed by atoms with Crippen molar-refractivity contribution in [1.82, 2.24) is 9.88 Å². The van der Waals surface area contributed by atoms with Gasteiger partial charge in [0.1, 0.15) is 10.8 Å². The highest BCUT2D eigenvalue weighted by Gasteiger charge is 2.16. The van der Waals surface area contributed by atoms with Gasteiger partial charge in [-0.3, -0.25) is 0 Å². The van der Waals surface area contributed by atoms with Gasteiger partial charge in [-0.05, 0) is 18.7 Å². The first-order valence-corrected chi connectivity index (χ1v) is 6.34. The lowest BCUT2D eigenvalue weighted by Crippen LogP contribution is -2.46. The van der Waals surface area contributed by atoms with Gasteiger partial charge < -0.3 is 15.5 Å². The van der Waals surface area contributed by atoms with Crippen molar-refractivity contribution < 1.29 is 0 Å². The molecule has 4 nitrogen and oxygen atoms in total. The first-order valence-electron chi connectivity index (χ1n) is 5.94. The van der Waals surface area contributed by atoms with Crippen molar-refractivity contribution in [2.75, 3.05) is 37.6 Å². The molecule has 0 spiro atoms. The number of piperazine rings is 1. The summed E-state index contributed by atoms with van der Waals surface area (Å²) in [6, 6.07) is 3.94. The van der Waals surface area contributed by atoms with Crippen molar-refractivity contribution >= 4 is 23.0 Å². The van der Waals surface area contributed by atoms with Crippen LogP contribution in [-0.2, 0) is 0 Å². The molecule has 1 fully saturated rings. The van der Waals surface area contributed by atoms with Crippen LogP contribution in [0.15, 0.2) is 18.3 Å². The Balaban J connectivity index is 2.01. The van der Waals surface area contributed by atoms with Crippen LogP contribution in [0.1, 0.15) is 12.5 Å². The van der Waals surface area contributed by atoms with Gasteiger partial charge in [-0.1, -0.05) is 19.1 Å². The van der Waals surface area contributed by atoms with Crippen LogP contribution in [0.25, 0.3) is 0 Å². The summed E-state index contributed by atoms with van der Waals surface area (Å²) >= 11 is 4.91. The van der Waals surface area contributed by atoms with Crippen molar-refractivity contribution in [2.24, 2.45) is 5.73 Å². The highest BCUT2D eigenvalue weighted by Crippen LogP contribution is 2.13. The van der Waals surface area contributed by atoms with Gasteiger partial charge in [0.2, 0.25) is 0 Å². The normalized spacial score (nSPS) is 17.1. The van der Waals surface area contributed by atoms with Gasteiger partial charge in [-0.25, -0.2) is 4.98 Å². The average Bonchev–Trinajstić information content (AvgIpc) is 2.39. The van der Waals surface area contributed by atoms with Gasteiger partial charge in [0.25, 0.3) is 0 Å². The summed E-state index contributed by atoms with van der Waals surface area (Å²) in [6.07, 6.45) is 1.75. The van der Waals surface area contributed by atoms with E-state index in [2.05, 4.69) is 21.7 Å². The second kappa shape index (κ2) is 5.42. The summed E-state index contributed by atoms with van der Waals surface area (Å²) in [7, 11) is 0. The molecule has 2 N–H and O–H groups in total. The Hall–Kier alpha value is -1.20. The van der Waals surface area contributed by atoms with Gasteiger partial charge >= 0.3 is 0 Å². The lowest BCUT2D eigenvalue weighted by Gasteiger charge is -2.34. The molecule has 2 heterocycles. The molecule has 1 saturated heterocycles. The lowest BCUT2D eigenvalue weighted by molar-refractivity contribution is 0.270. The minimum absolute atomic E-state index is 0.403. The van der Waals surface area contributed by atoms with Crippen molar-refractivity contribution in [3.8, 4) is 0 Å². The van der Waals surface area contributed by atoms with Crippen LogP contribution in [0.5, 0.6) is 0 Å². The third kappa shape index (κ3) is 2.92. The molecule has 1 aromatic heterocycles. The van der Waals surface area contributed by atoms with Gasteiger partial charge in [0.05, 0.1) is 0 Å². The zero-order valence-corrected chi connectivity index (χ0v) is 10.9. The van der Waals surface area contributed by atoms with E-state index in [4.69, 9.17) is 18.0 Å². The van der Waals surface area contributed by atoms with Crippen LogP contribution in [-0.4, -0.2) is 47.6 Å². The van der Waals surface area contributed by atoms with Crippen LogP contribution in [0.4, 0.5) is 5.82 Å². The van der Waals surface area contributed by atoms with Crippen molar-refractivity contribution in [1.29, 1.82) is 0 Å². The first-order chi connectivity index (χ1) is 8.20. The Morgan fingerprint density at radius 2 is 2.06 bits per heavy atom. The van der Waals surface area contributed by atoms with E-state index >= 15 is 0 Å². The number of hydrogen-bond donors (Lipinski definition) is 1. The maximum absolute atomic E-state index is 5.55. The van der Waals surface area contributed by atoms with Gasteiger partial charge in [0, 0.05) is 37.9 Å². The zero-order valence-electron chi connectivity index (χ0n) is 10.1. The Kier molecular flexibility index (Phi) is 3.91. The quantitative estimate of drug-likeness (QED) is 0.806. The third-order valence-corrected chi connectivity index (χ3v) is 3.41. The van der Waals surface area contributed by atoms with Crippen LogP contribution in [0, 0.1) is 0 Å². The molecule has 0 saturated carbocycles. The van der Waals surface area contributed by atoms with Crippen molar-refractivity contribution in [3.05, 3.63) is 23.9 Å². The fourth-order valence-corrected chi connectivity index (χ4v) is 2.13. The molecule has 0 atom stereocenters. The molecule has 0 amide bonds. The highest BCUT2D eigenvalue weighted by atomic mass is 32.1. The number of nitrogens with zero attached hydrogens (tertiary/aromatic N) is 3. The largest absolute Gasteiger partial charge is 0.389 e. The average molecular weight is 250 g/mol. The number of thiocarbonyl (C=S) groups is 1. The van der Waals surface area contributed by atoms with Crippen molar-refractivity contribution in [3.63, 3.8) is 0 Å². The Morgan fingerprint density at radius 3 is 2.53 bits per heavy atom. The SMILES string of the molecule is CCN1CCN(c2ccc(C(N)=S)cn2)CC1. The molecule has 0 aliphatic carbocycles. The van der Waals surface area contributed by atoms with Crippen LogP contribution in [0.3, 0.4) is 0 Å². The minimum Gasteiger partial charge on any atom is -0.389 e. The highest BCUT2D eigenvalue weighted by molar-refractivity contribution is 7.80. The predicted molar refractivity (Wildman–Crippen MR) is 74.5 cm³/mol. The van der Waals surface area contributed by atoms with Gasteiger partial charge in [-0.2, -0.15) is 0 Å². The smallest absolute Gasteiger partial charge is 0.128 e. The molecular weight excluding hydrogens is 232 g/mol.